The molecule has 3 aromatic heterocycles. The summed E-state index contributed by atoms with van der Waals surface area (Å²) in [5, 5.41) is 3.20. The van der Waals surface area contributed by atoms with Gasteiger partial charge in [-0.1, -0.05) is 99.1 Å². The summed E-state index contributed by atoms with van der Waals surface area (Å²) in [5.41, 5.74) is 4.87. The van der Waals surface area contributed by atoms with E-state index in [0.717, 1.165) is 53.5 Å². The maximum Gasteiger partial charge on any atom is 0.164 e. The quantitative estimate of drug-likeness (QED) is 0.135. The molecule has 0 aliphatic carbocycles. The van der Waals surface area contributed by atoms with E-state index in [-0.39, 0.29) is 0 Å². The number of aromatic nitrogens is 3. The van der Waals surface area contributed by atoms with Crippen LogP contribution in [0.2, 0.25) is 0 Å². The van der Waals surface area contributed by atoms with Gasteiger partial charge in [0.15, 0.2) is 11.7 Å². The van der Waals surface area contributed by atoms with Crippen LogP contribution in [0.5, 0.6) is 0 Å². The summed E-state index contributed by atoms with van der Waals surface area (Å²) < 4.78 is 16.4. The van der Waals surface area contributed by atoms with Crippen molar-refractivity contribution >= 4 is 17.2 Å². The maximum atomic E-state index is 14.4. The normalized spacial score (nSPS) is 12.1. The Labute approximate surface area is 249 Å². The highest BCUT2D eigenvalue weighted by Crippen LogP contribution is 2.22. The third-order valence-corrected chi connectivity index (χ3v) is 6.79. The predicted molar refractivity (Wildman–Crippen MR) is 176 cm³/mol. The van der Waals surface area contributed by atoms with Crippen LogP contribution in [0.15, 0.2) is 60.0 Å². The van der Waals surface area contributed by atoms with Crippen molar-refractivity contribution in [2.75, 3.05) is 5.32 Å². The van der Waals surface area contributed by atoms with E-state index in [4.69, 9.17) is 4.99 Å². The molecular formula is C35H54FN5. The Kier molecular flexibility index (Phi) is 17.9. The number of hydrogen-bond donors (Lipinski definition) is 1. The number of anilines is 1. The van der Waals surface area contributed by atoms with Crippen LogP contribution >= 0.6 is 0 Å². The van der Waals surface area contributed by atoms with Crippen molar-refractivity contribution in [3.8, 4) is 0 Å². The Bertz CT molecular complexity index is 1190. The summed E-state index contributed by atoms with van der Waals surface area (Å²) in [6.45, 7) is 17.1. The molecule has 3 rings (SSSR count). The van der Waals surface area contributed by atoms with Crippen molar-refractivity contribution < 1.29 is 4.39 Å². The van der Waals surface area contributed by atoms with Crippen LogP contribution in [0.1, 0.15) is 116 Å². The standard InChI is InChI=1S/C24H28FN5.C9H20.C2H6/c1-5-7-10-22(21-11-8-9-17(3)27-21)29-24(23-18(6-2)13-15-30(23)4)28-20-12-14-26-16-19(20)25;1-4-6-7-8-9(3)5-2;1-2/h8-16H,5-7H2,1-4H3,(H,26,28,29);9H,4-8H2,1-3H3;1-2H3/b22-10+;;. The Morgan fingerprint density at radius 1 is 1.07 bits per heavy atom. The van der Waals surface area contributed by atoms with Gasteiger partial charge in [-0.3, -0.25) is 9.97 Å². The lowest BCUT2D eigenvalue weighted by atomic mass is 10.0. The number of unbranched alkanes of at least 4 members (excludes halogenated alkanes) is 3. The Morgan fingerprint density at radius 2 is 1.83 bits per heavy atom. The zero-order chi connectivity index (χ0) is 30.6. The summed E-state index contributed by atoms with van der Waals surface area (Å²) in [7, 11) is 1.97. The molecule has 1 N–H and O–H groups in total. The monoisotopic (exact) mass is 563 g/mol. The van der Waals surface area contributed by atoms with Gasteiger partial charge in [0.25, 0.3) is 0 Å². The summed E-state index contributed by atoms with van der Waals surface area (Å²) in [6, 6.07) is 9.56. The van der Waals surface area contributed by atoms with Crippen molar-refractivity contribution in [2.24, 2.45) is 18.0 Å². The van der Waals surface area contributed by atoms with E-state index in [0.29, 0.717) is 11.5 Å². The molecule has 0 aromatic carbocycles. The van der Waals surface area contributed by atoms with E-state index in [1.54, 1.807) is 12.3 Å². The van der Waals surface area contributed by atoms with E-state index in [1.165, 1.54) is 38.3 Å². The van der Waals surface area contributed by atoms with Gasteiger partial charge in [-0.2, -0.15) is 0 Å². The highest BCUT2D eigenvalue weighted by atomic mass is 19.1. The fourth-order valence-corrected chi connectivity index (χ4v) is 4.17. The third-order valence-electron chi connectivity index (χ3n) is 6.79. The van der Waals surface area contributed by atoms with Crippen molar-refractivity contribution in [1.29, 1.82) is 0 Å². The molecule has 0 fully saturated rings. The summed E-state index contributed by atoms with van der Waals surface area (Å²) in [5.74, 6) is 1.11. The van der Waals surface area contributed by atoms with Crippen LogP contribution in [0.3, 0.4) is 0 Å². The van der Waals surface area contributed by atoms with E-state index in [9.17, 15) is 4.39 Å². The van der Waals surface area contributed by atoms with Gasteiger partial charge in [-0.25, -0.2) is 9.38 Å². The molecule has 0 aliphatic heterocycles. The Morgan fingerprint density at radius 3 is 2.44 bits per heavy atom. The molecule has 0 saturated carbocycles. The topological polar surface area (TPSA) is 55.1 Å². The van der Waals surface area contributed by atoms with E-state index >= 15 is 0 Å². The molecule has 1 unspecified atom stereocenters. The molecule has 0 spiro atoms. The minimum absolute atomic E-state index is 0.332. The molecule has 0 aliphatic rings. The summed E-state index contributed by atoms with van der Waals surface area (Å²) in [6.07, 6.45) is 16.5. The minimum Gasteiger partial charge on any atom is -0.348 e. The van der Waals surface area contributed by atoms with Gasteiger partial charge in [-0.05, 0) is 55.5 Å². The lowest BCUT2D eigenvalue weighted by Gasteiger charge is -2.15. The summed E-state index contributed by atoms with van der Waals surface area (Å²) in [4.78, 5) is 13.5. The molecule has 5 nitrogen and oxygen atoms in total. The van der Waals surface area contributed by atoms with Crippen LogP contribution in [0, 0.1) is 18.7 Å². The second-order valence-corrected chi connectivity index (χ2v) is 10.1. The lowest BCUT2D eigenvalue weighted by molar-refractivity contribution is 0.482. The van der Waals surface area contributed by atoms with Crippen molar-refractivity contribution in [1.82, 2.24) is 14.5 Å². The molecule has 1 atom stereocenters. The number of aliphatic imine (C=N–C) groups is 1. The van der Waals surface area contributed by atoms with Gasteiger partial charge >= 0.3 is 0 Å². The van der Waals surface area contributed by atoms with Gasteiger partial charge in [0.05, 0.1) is 29.0 Å². The van der Waals surface area contributed by atoms with Crippen LogP contribution < -0.4 is 5.32 Å². The fraction of sp³-hybridized carbons (Fsp3) is 0.514. The van der Waals surface area contributed by atoms with Crippen LogP contribution in [-0.4, -0.2) is 20.4 Å². The molecule has 3 heterocycles. The largest absolute Gasteiger partial charge is 0.348 e. The maximum absolute atomic E-state index is 14.4. The minimum atomic E-state index is -0.426. The van der Waals surface area contributed by atoms with Crippen LogP contribution in [-0.2, 0) is 13.5 Å². The molecule has 3 aromatic rings. The molecule has 41 heavy (non-hydrogen) atoms. The first-order chi connectivity index (χ1) is 19.8. The van der Waals surface area contributed by atoms with Crippen molar-refractivity contribution in [3.05, 3.63) is 83.5 Å². The predicted octanol–water partition coefficient (Wildman–Crippen LogP) is 10.2. The molecule has 226 valence electrons. The number of rotatable bonds is 12. The molecule has 0 bridgehead atoms. The highest BCUT2D eigenvalue weighted by molar-refractivity contribution is 6.10. The number of hydrogen-bond acceptors (Lipinski definition) is 3. The second-order valence-electron chi connectivity index (χ2n) is 10.1. The number of amidine groups is 1. The Hall–Kier alpha value is -3.28. The SMILES string of the molecule is CC.CCC/C=C(/N=C(Nc1ccncc1F)c1c(CC)ccn1C)c1cccc(C)n1.CCCCCC(C)CC. The summed E-state index contributed by atoms with van der Waals surface area (Å²) >= 11 is 0. The van der Waals surface area contributed by atoms with Crippen LogP contribution in [0.4, 0.5) is 10.1 Å². The number of aryl methyl sites for hydroxylation is 3. The Balaban J connectivity index is 0.000000653. The first-order valence-electron chi connectivity index (χ1n) is 15.6. The van der Waals surface area contributed by atoms with Gasteiger partial charge < -0.3 is 9.88 Å². The van der Waals surface area contributed by atoms with Crippen molar-refractivity contribution in [2.45, 2.75) is 107 Å². The third kappa shape index (κ3) is 12.4. The van der Waals surface area contributed by atoms with Gasteiger partial charge in [0, 0.05) is 25.1 Å². The fourth-order valence-electron chi connectivity index (χ4n) is 4.17. The first kappa shape index (κ1) is 35.7. The molecule has 0 saturated heterocycles. The zero-order valence-electron chi connectivity index (χ0n) is 27.1. The molecular weight excluding hydrogens is 509 g/mol. The van der Waals surface area contributed by atoms with E-state index in [2.05, 4.69) is 62.0 Å². The average molecular weight is 564 g/mol. The van der Waals surface area contributed by atoms with Gasteiger partial charge in [0.2, 0.25) is 0 Å². The number of pyridine rings is 2. The van der Waals surface area contributed by atoms with E-state index in [1.807, 2.05) is 56.8 Å². The van der Waals surface area contributed by atoms with Crippen LogP contribution in [0.25, 0.3) is 5.70 Å². The smallest absolute Gasteiger partial charge is 0.164 e. The average Bonchev–Trinajstić information content (AvgIpc) is 3.37. The zero-order valence-corrected chi connectivity index (χ0v) is 27.1. The second kappa shape index (κ2) is 20.6. The number of allylic oxidation sites excluding steroid dienone is 1. The molecule has 0 radical (unpaired) electrons. The highest BCUT2D eigenvalue weighted by Gasteiger charge is 2.16. The van der Waals surface area contributed by atoms with Gasteiger partial charge in [-0.15, -0.1) is 0 Å². The van der Waals surface area contributed by atoms with Gasteiger partial charge in [0.1, 0.15) is 0 Å². The number of halogens is 1. The molecule has 0 amide bonds. The first-order valence-corrected chi connectivity index (χ1v) is 15.6. The van der Waals surface area contributed by atoms with Crippen molar-refractivity contribution in [3.63, 3.8) is 0 Å². The number of nitrogens with zero attached hydrogens (tertiary/aromatic N) is 4. The lowest BCUT2D eigenvalue weighted by Crippen LogP contribution is -2.20. The molecule has 6 heteroatoms. The van der Waals surface area contributed by atoms with E-state index < -0.39 is 5.82 Å². The number of nitrogens with one attached hydrogen (secondary N) is 1.